The van der Waals surface area contributed by atoms with Gasteiger partial charge in [0.15, 0.2) is 0 Å². The molecule has 2 aromatic heterocycles. The van der Waals surface area contributed by atoms with Gasteiger partial charge in [-0.25, -0.2) is 4.98 Å². The molecule has 2 amide bonds. The number of rotatable bonds is 8. The third-order valence-corrected chi connectivity index (χ3v) is 4.84. The van der Waals surface area contributed by atoms with Gasteiger partial charge in [0, 0.05) is 19.1 Å². The summed E-state index contributed by atoms with van der Waals surface area (Å²) in [5.41, 5.74) is 5.95. The molecule has 8 heteroatoms. The number of thiophene rings is 1. The van der Waals surface area contributed by atoms with Gasteiger partial charge < -0.3 is 15.8 Å². The van der Waals surface area contributed by atoms with Gasteiger partial charge in [-0.05, 0) is 17.9 Å². The minimum atomic E-state index is -0.720. The number of nitrogens with one attached hydrogen (secondary N) is 1. The first-order valence-electron chi connectivity index (χ1n) is 6.66. The van der Waals surface area contributed by atoms with Gasteiger partial charge in [-0.3, -0.25) is 9.59 Å². The van der Waals surface area contributed by atoms with Crippen LogP contribution < -0.4 is 11.1 Å². The molecule has 118 valence electrons. The second-order valence-corrected chi connectivity index (χ2v) is 6.41. The van der Waals surface area contributed by atoms with Crippen LogP contribution in [0.25, 0.3) is 9.88 Å². The summed E-state index contributed by atoms with van der Waals surface area (Å²) in [6.45, 7) is 0.354. The van der Waals surface area contributed by atoms with E-state index in [1.165, 1.54) is 18.4 Å². The van der Waals surface area contributed by atoms with Gasteiger partial charge in [-0.2, -0.15) is 0 Å². The second-order valence-electron chi connectivity index (χ2n) is 4.60. The minimum absolute atomic E-state index is 0.124. The number of carbonyl (C=O) groups excluding carboxylic acids is 2. The molecule has 0 bridgehead atoms. The number of hydrogen-bond acceptors (Lipinski definition) is 6. The van der Waals surface area contributed by atoms with Crippen LogP contribution in [0.3, 0.4) is 0 Å². The average Bonchev–Trinajstić information content (AvgIpc) is 3.13. The molecular weight excluding hydrogens is 322 g/mol. The fourth-order valence-electron chi connectivity index (χ4n) is 1.83. The number of amides is 2. The third-order valence-electron chi connectivity index (χ3n) is 2.91. The van der Waals surface area contributed by atoms with Crippen LogP contribution in [0.15, 0.2) is 22.9 Å². The van der Waals surface area contributed by atoms with E-state index in [1.807, 2.05) is 22.9 Å². The maximum atomic E-state index is 12.0. The zero-order valence-electron chi connectivity index (χ0n) is 12.1. The molecule has 2 aromatic rings. The largest absolute Gasteiger partial charge is 0.385 e. The van der Waals surface area contributed by atoms with Crippen molar-refractivity contribution in [3.05, 3.63) is 28.6 Å². The molecule has 0 unspecified atom stereocenters. The van der Waals surface area contributed by atoms with Crippen LogP contribution in [0.5, 0.6) is 0 Å². The molecule has 1 atom stereocenters. The summed E-state index contributed by atoms with van der Waals surface area (Å²) in [7, 11) is 1.53. The number of methoxy groups -OCH3 is 1. The highest BCUT2D eigenvalue weighted by Crippen LogP contribution is 2.27. The van der Waals surface area contributed by atoms with E-state index >= 15 is 0 Å². The predicted molar refractivity (Wildman–Crippen MR) is 86.7 cm³/mol. The van der Waals surface area contributed by atoms with E-state index in [-0.39, 0.29) is 12.3 Å². The fourth-order valence-corrected chi connectivity index (χ4v) is 3.47. The Hall–Kier alpha value is -1.77. The van der Waals surface area contributed by atoms with Gasteiger partial charge >= 0.3 is 0 Å². The van der Waals surface area contributed by atoms with Gasteiger partial charge in [0.25, 0.3) is 0 Å². The van der Waals surface area contributed by atoms with E-state index in [4.69, 9.17) is 10.5 Å². The van der Waals surface area contributed by atoms with Crippen molar-refractivity contribution < 1.29 is 14.3 Å². The molecule has 0 radical (unpaired) electrons. The molecule has 0 aliphatic carbocycles. The first kappa shape index (κ1) is 16.6. The summed E-state index contributed by atoms with van der Waals surface area (Å²) < 4.78 is 4.90. The zero-order valence-corrected chi connectivity index (χ0v) is 13.7. The Labute approximate surface area is 136 Å². The van der Waals surface area contributed by atoms with Crippen molar-refractivity contribution in [3.63, 3.8) is 0 Å². The Kier molecular flexibility index (Phi) is 6.05. The maximum absolute atomic E-state index is 12.0. The Bertz CT molecular complexity index is 625. The Morgan fingerprint density at radius 2 is 2.27 bits per heavy atom. The Balaban J connectivity index is 1.92. The molecule has 0 aliphatic rings. The number of ether oxygens (including phenoxy) is 1. The van der Waals surface area contributed by atoms with E-state index in [0.717, 1.165) is 9.88 Å². The molecule has 0 saturated heterocycles. The van der Waals surface area contributed by atoms with Gasteiger partial charge in [0.2, 0.25) is 11.8 Å². The molecule has 0 spiro atoms. The first-order chi connectivity index (χ1) is 10.6. The number of primary amides is 1. The van der Waals surface area contributed by atoms with Crippen LogP contribution >= 0.6 is 22.7 Å². The molecular formula is C14H17N3O3S2. The summed E-state index contributed by atoms with van der Waals surface area (Å²) in [4.78, 5) is 28.8. The van der Waals surface area contributed by atoms with Crippen molar-refractivity contribution in [3.8, 4) is 9.88 Å². The second kappa shape index (κ2) is 8.02. The summed E-state index contributed by atoms with van der Waals surface area (Å²) in [5, 5.41) is 7.34. The SMILES string of the molecule is COCC[C@@H](NC(=O)Cc1csc(-c2cccs2)n1)C(N)=O. The average molecular weight is 339 g/mol. The highest BCUT2D eigenvalue weighted by atomic mass is 32.1. The number of thiazole rings is 1. The predicted octanol–water partition coefficient (Wildman–Crippen LogP) is 1.42. The monoisotopic (exact) mass is 339 g/mol. The van der Waals surface area contributed by atoms with E-state index in [2.05, 4.69) is 10.3 Å². The zero-order chi connectivity index (χ0) is 15.9. The van der Waals surface area contributed by atoms with Crippen LogP contribution in [-0.4, -0.2) is 36.6 Å². The van der Waals surface area contributed by atoms with Crippen molar-refractivity contribution >= 4 is 34.5 Å². The van der Waals surface area contributed by atoms with E-state index < -0.39 is 11.9 Å². The number of aromatic nitrogens is 1. The smallest absolute Gasteiger partial charge is 0.240 e. The molecule has 0 aromatic carbocycles. The van der Waals surface area contributed by atoms with E-state index in [0.29, 0.717) is 18.7 Å². The van der Waals surface area contributed by atoms with Gasteiger partial charge in [0.05, 0.1) is 17.0 Å². The fraction of sp³-hybridized carbons (Fsp3) is 0.357. The maximum Gasteiger partial charge on any atom is 0.240 e. The summed E-state index contributed by atoms with van der Waals surface area (Å²) in [6.07, 6.45) is 0.480. The lowest BCUT2D eigenvalue weighted by molar-refractivity contribution is -0.127. The Morgan fingerprint density at radius 1 is 1.45 bits per heavy atom. The van der Waals surface area contributed by atoms with Gasteiger partial charge in [-0.15, -0.1) is 22.7 Å². The highest BCUT2D eigenvalue weighted by molar-refractivity contribution is 7.20. The normalized spacial score (nSPS) is 12.0. The molecule has 6 nitrogen and oxygen atoms in total. The number of nitrogens with zero attached hydrogens (tertiary/aromatic N) is 1. The standard InChI is InChI=1S/C14H17N3O3S2/c1-20-5-4-10(13(15)19)17-12(18)7-9-8-22-14(16-9)11-3-2-6-21-11/h2-3,6,8,10H,4-5,7H2,1H3,(H2,15,19)(H,17,18)/t10-/m1/s1. The highest BCUT2D eigenvalue weighted by Gasteiger charge is 2.18. The van der Waals surface area contributed by atoms with E-state index in [1.54, 1.807) is 11.3 Å². The molecule has 2 rings (SSSR count). The molecule has 3 N–H and O–H groups in total. The number of nitrogens with two attached hydrogens (primary N) is 1. The number of carbonyl (C=O) groups is 2. The number of hydrogen-bond donors (Lipinski definition) is 2. The van der Waals surface area contributed by atoms with Crippen molar-refractivity contribution in [1.82, 2.24) is 10.3 Å². The Morgan fingerprint density at radius 3 is 2.91 bits per heavy atom. The van der Waals surface area contributed by atoms with Crippen LogP contribution in [-0.2, 0) is 20.7 Å². The lowest BCUT2D eigenvalue weighted by atomic mass is 10.2. The third kappa shape index (κ3) is 4.62. The van der Waals surface area contributed by atoms with Crippen LogP contribution in [0, 0.1) is 0 Å². The molecule has 0 saturated carbocycles. The summed E-state index contributed by atoms with van der Waals surface area (Å²) in [5.74, 6) is -0.842. The molecule has 22 heavy (non-hydrogen) atoms. The van der Waals surface area contributed by atoms with E-state index in [9.17, 15) is 9.59 Å². The molecule has 0 aliphatic heterocycles. The van der Waals surface area contributed by atoms with Crippen molar-refractivity contribution in [2.45, 2.75) is 18.9 Å². The summed E-state index contributed by atoms with van der Waals surface area (Å²) in [6, 6.07) is 3.23. The quantitative estimate of drug-likeness (QED) is 0.760. The van der Waals surface area contributed by atoms with Crippen LogP contribution in [0.2, 0.25) is 0 Å². The first-order valence-corrected chi connectivity index (χ1v) is 8.42. The lowest BCUT2D eigenvalue weighted by Crippen LogP contribution is -2.45. The molecule has 0 fully saturated rings. The van der Waals surface area contributed by atoms with Crippen LogP contribution in [0.4, 0.5) is 0 Å². The summed E-state index contributed by atoms with van der Waals surface area (Å²) >= 11 is 3.10. The van der Waals surface area contributed by atoms with Crippen LogP contribution in [0.1, 0.15) is 12.1 Å². The minimum Gasteiger partial charge on any atom is -0.385 e. The van der Waals surface area contributed by atoms with Gasteiger partial charge in [-0.1, -0.05) is 6.07 Å². The van der Waals surface area contributed by atoms with Crippen molar-refractivity contribution in [2.75, 3.05) is 13.7 Å². The lowest BCUT2D eigenvalue weighted by Gasteiger charge is -2.14. The van der Waals surface area contributed by atoms with Crippen molar-refractivity contribution in [1.29, 1.82) is 0 Å². The topological polar surface area (TPSA) is 94.3 Å². The molecule has 2 heterocycles. The van der Waals surface area contributed by atoms with Gasteiger partial charge in [0.1, 0.15) is 11.0 Å². The van der Waals surface area contributed by atoms with Crippen molar-refractivity contribution in [2.24, 2.45) is 5.73 Å².